The molecule has 4 rings (SSSR count). The van der Waals surface area contributed by atoms with E-state index in [0.717, 1.165) is 17.7 Å². The standard InChI is InChI=1S/C24H27N3O6/c28-19-7-5-16(6-8-19)15-21(22(29)30)33-24(32)26-12-10-18(11-13-26)27-14-9-17-3-1-2-4-20(17)25-23(27)31/h1-8,18,21,28H,9-15H2,(H,25,31)(H,29,30)/t21-/m1/s1. The lowest BCUT2D eigenvalue weighted by Gasteiger charge is -2.37. The number of piperidine rings is 1. The van der Waals surface area contributed by atoms with Gasteiger partial charge in [-0.2, -0.15) is 0 Å². The minimum absolute atomic E-state index is 0.00405. The first-order chi connectivity index (χ1) is 15.9. The van der Waals surface area contributed by atoms with E-state index in [2.05, 4.69) is 5.32 Å². The SMILES string of the molecule is O=C(O)[C@@H](Cc1ccc(O)cc1)OC(=O)N1CCC(N2CCc3ccccc3NC2=O)CC1. The number of rotatable bonds is 5. The molecule has 1 saturated heterocycles. The van der Waals surface area contributed by atoms with E-state index in [9.17, 15) is 24.6 Å². The van der Waals surface area contributed by atoms with Crippen molar-refractivity contribution in [3.63, 3.8) is 0 Å². The van der Waals surface area contributed by atoms with Crippen molar-refractivity contribution in [3.05, 3.63) is 59.7 Å². The minimum Gasteiger partial charge on any atom is -0.508 e. The largest absolute Gasteiger partial charge is 0.508 e. The van der Waals surface area contributed by atoms with E-state index in [4.69, 9.17) is 4.74 Å². The van der Waals surface area contributed by atoms with Crippen molar-refractivity contribution in [1.29, 1.82) is 0 Å². The van der Waals surface area contributed by atoms with Gasteiger partial charge in [-0.25, -0.2) is 14.4 Å². The van der Waals surface area contributed by atoms with Crippen molar-refractivity contribution in [2.45, 2.75) is 37.8 Å². The highest BCUT2D eigenvalue weighted by Gasteiger charge is 2.33. The Hall–Kier alpha value is -3.75. The van der Waals surface area contributed by atoms with Gasteiger partial charge < -0.3 is 30.1 Å². The number of hydrogen-bond donors (Lipinski definition) is 3. The number of para-hydroxylation sites is 1. The Bertz CT molecular complexity index is 1020. The number of hydrogen-bond acceptors (Lipinski definition) is 5. The molecule has 0 unspecified atom stereocenters. The van der Waals surface area contributed by atoms with Gasteiger partial charge in [-0.15, -0.1) is 0 Å². The molecule has 1 fully saturated rings. The average Bonchev–Trinajstić information content (AvgIpc) is 2.98. The van der Waals surface area contributed by atoms with Gasteiger partial charge in [-0.05, 0) is 48.6 Å². The van der Waals surface area contributed by atoms with Crippen molar-refractivity contribution in [2.75, 3.05) is 25.0 Å². The van der Waals surface area contributed by atoms with Gasteiger partial charge in [0.15, 0.2) is 0 Å². The topological polar surface area (TPSA) is 119 Å². The van der Waals surface area contributed by atoms with E-state index >= 15 is 0 Å². The van der Waals surface area contributed by atoms with Crippen LogP contribution in [0.25, 0.3) is 0 Å². The van der Waals surface area contributed by atoms with Crippen molar-refractivity contribution >= 4 is 23.8 Å². The van der Waals surface area contributed by atoms with E-state index in [1.54, 1.807) is 12.1 Å². The highest BCUT2D eigenvalue weighted by Crippen LogP contribution is 2.25. The normalized spacial score (nSPS) is 17.5. The van der Waals surface area contributed by atoms with Crippen LogP contribution in [0.4, 0.5) is 15.3 Å². The lowest BCUT2D eigenvalue weighted by Crippen LogP contribution is -2.50. The number of ether oxygens (including phenoxy) is 1. The van der Waals surface area contributed by atoms with Crippen molar-refractivity contribution in [2.24, 2.45) is 0 Å². The first-order valence-corrected chi connectivity index (χ1v) is 11.0. The predicted octanol–water partition coefficient (Wildman–Crippen LogP) is 3.08. The number of urea groups is 1. The fraction of sp³-hybridized carbons (Fsp3) is 0.375. The van der Waals surface area contributed by atoms with Gasteiger partial charge in [-0.3, -0.25) is 0 Å². The number of phenols is 1. The van der Waals surface area contributed by atoms with Crippen LogP contribution in [0.1, 0.15) is 24.0 Å². The zero-order valence-electron chi connectivity index (χ0n) is 18.1. The summed E-state index contributed by atoms with van der Waals surface area (Å²) in [6.07, 6.45) is -0.0496. The summed E-state index contributed by atoms with van der Waals surface area (Å²) < 4.78 is 5.28. The van der Waals surface area contributed by atoms with Crippen LogP contribution in [0.5, 0.6) is 5.75 Å². The Morgan fingerprint density at radius 2 is 1.76 bits per heavy atom. The Balaban J connectivity index is 1.31. The Morgan fingerprint density at radius 1 is 1.06 bits per heavy atom. The maximum atomic E-state index is 12.7. The van der Waals surface area contributed by atoms with Crippen LogP contribution in [-0.4, -0.2) is 69.9 Å². The number of nitrogens with one attached hydrogen (secondary N) is 1. The summed E-state index contributed by atoms with van der Waals surface area (Å²) in [6.45, 7) is 1.36. The zero-order chi connectivity index (χ0) is 23.4. The van der Waals surface area contributed by atoms with Crippen molar-refractivity contribution in [1.82, 2.24) is 9.80 Å². The van der Waals surface area contributed by atoms with E-state index in [-0.39, 0.29) is 24.2 Å². The number of likely N-dealkylation sites (tertiary alicyclic amines) is 1. The Kier molecular flexibility index (Phi) is 6.67. The number of carboxylic acids is 1. The number of benzene rings is 2. The predicted molar refractivity (Wildman–Crippen MR) is 120 cm³/mol. The number of amides is 3. The van der Waals surface area contributed by atoms with Gasteiger partial charge in [-0.1, -0.05) is 30.3 Å². The molecule has 1 atom stereocenters. The summed E-state index contributed by atoms with van der Waals surface area (Å²) in [6, 6.07) is 13.7. The quantitative estimate of drug-likeness (QED) is 0.640. The van der Waals surface area contributed by atoms with Crippen LogP contribution in [0.3, 0.4) is 0 Å². The van der Waals surface area contributed by atoms with Gasteiger partial charge in [0.05, 0.1) is 0 Å². The van der Waals surface area contributed by atoms with Gasteiger partial charge in [0.25, 0.3) is 0 Å². The molecule has 3 amide bonds. The van der Waals surface area contributed by atoms with Gasteiger partial charge >= 0.3 is 18.1 Å². The molecular formula is C24H27N3O6. The molecule has 2 aromatic rings. The summed E-state index contributed by atoms with van der Waals surface area (Å²) in [5.41, 5.74) is 2.57. The average molecular weight is 453 g/mol. The highest BCUT2D eigenvalue weighted by molar-refractivity contribution is 5.91. The number of carbonyl (C=O) groups excluding carboxylic acids is 2. The fourth-order valence-electron chi connectivity index (χ4n) is 4.32. The number of carboxylic acid groups (broad SMARTS) is 1. The molecule has 9 nitrogen and oxygen atoms in total. The third-order valence-corrected chi connectivity index (χ3v) is 6.18. The van der Waals surface area contributed by atoms with Gasteiger partial charge in [0, 0.05) is 37.8 Å². The molecule has 2 aliphatic heterocycles. The second-order valence-electron chi connectivity index (χ2n) is 8.33. The molecule has 9 heteroatoms. The molecule has 3 N–H and O–H groups in total. The number of carbonyl (C=O) groups is 3. The van der Waals surface area contributed by atoms with E-state index < -0.39 is 18.2 Å². The number of nitrogens with zero attached hydrogens (tertiary/aromatic N) is 2. The van der Waals surface area contributed by atoms with Gasteiger partial charge in [0.1, 0.15) is 5.75 Å². The zero-order valence-corrected chi connectivity index (χ0v) is 18.1. The first-order valence-electron chi connectivity index (χ1n) is 11.0. The Morgan fingerprint density at radius 3 is 2.45 bits per heavy atom. The second kappa shape index (κ2) is 9.81. The van der Waals surface area contributed by atoms with Crippen molar-refractivity contribution < 1.29 is 29.3 Å². The molecule has 174 valence electrons. The molecule has 0 aromatic heterocycles. The summed E-state index contributed by atoms with van der Waals surface area (Å²) in [5.74, 6) is -1.15. The molecule has 0 aliphatic carbocycles. The summed E-state index contributed by atoms with van der Waals surface area (Å²) >= 11 is 0. The second-order valence-corrected chi connectivity index (χ2v) is 8.33. The molecule has 0 bridgehead atoms. The van der Waals surface area contributed by atoms with Crippen LogP contribution in [0.15, 0.2) is 48.5 Å². The van der Waals surface area contributed by atoms with Crippen LogP contribution in [0, 0.1) is 0 Å². The summed E-state index contributed by atoms with van der Waals surface area (Å²) in [7, 11) is 0. The number of phenolic OH excluding ortho intramolecular Hbond substituents is 1. The molecule has 2 aromatic carbocycles. The molecular weight excluding hydrogens is 426 g/mol. The maximum absolute atomic E-state index is 12.7. The van der Waals surface area contributed by atoms with E-state index in [1.165, 1.54) is 17.0 Å². The van der Waals surface area contributed by atoms with E-state index in [0.29, 0.717) is 38.0 Å². The van der Waals surface area contributed by atoms with Gasteiger partial charge in [0.2, 0.25) is 6.10 Å². The third-order valence-electron chi connectivity index (χ3n) is 6.18. The molecule has 2 aliphatic rings. The van der Waals surface area contributed by atoms with Crippen molar-refractivity contribution in [3.8, 4) is 5.75 Å². The number of aliphatic carboxylic acids is 1. The lowest BCUT2D eigenvalue weighted by atomic mass is 10.0. The smallest absolute Gasteiger partial charge is 0.410 e. The number of aromatic hydroxyl groups is 1. The maximum Gasteiger partial charge on any atom is 0.410 e. The van der Waals surface area contributed by atoms with Crippen LogP contribution in [-0.2, 0) is 22.4 Å². The molecule has 0 spiro atoms. The molecule has 0 saturated carbocycles. The lowest BCUT2D eigenvalue weighted by molar-refractivity contribution is -0.147. The molecule has 0 radical (unpaired) electrons. The molecule has 2 heterocycles. The van der Waals surface area contributed by atoms with E-state index in [1.807, 2.05) is 29.2 Å². The first kappa shape index (κ1) is 22.4. The number of fused-ring (bicyclic) bond motifs is 1. The third kappa shape index (κ3) is 5.36. The van der Waals surface area contributed by atoms with Crippen LogP contribution < -0.4 is 5.32 Å². The highest BCUT2D eigenvalue weighted by atomic mass is 16.6. The van der Waals surface area contributed by atoms with Crippen LogP contribution in [0.2, 0.25) is 0 Å². The number of anilines is 1. The fourth-order valence-corrected chi connectivity index (χ4v) is 4.32. The van der Waals surface area contributed by atoms with Crippen LogP contribution >= 0.6 is 0 Å². The monoisotopic (exact) mass is 453 g/mol. The summed E-state index contributed by atoms with van der Waals surface area (Å²) in [4.78, 5) is 40.3. The minimum atomic E-state index is -1.32. The summed E-state index contributed by atoms with van der Waals surface area (Å²) in [5, 5.41) is 21.8. The molecule has 33 heavy (non-hydrogen) atoms. The Labute approximate surface area is 191 Å².